The second-order valence-corrected chi connectivity index (χ2v) is 7.05. The molecule has 0 unspecified atom stereocenters. The third-order valence-corrected chi connectivity index (χ3v) is 5.43. The lowest BCUT2D eigenvalue weighted by molar-refractivity contribution is 0.0739. The van der Waals surface area contributed by atoms with Crippen molar-refractivity contribution in [3.8, 4) is 0 Å². The monoisotopic (exact) mass is 366 g/mol. The molecule has 1 atom stereocenters. The molecule has 0 saturated heterocycles. The number of amides is 1. The summed E-state index contributed by atoms with van der Waals surface area (Å²) in [4.78, 5) is 23.9. The Bertz CT molecular complexity index is 1040. The molecule has 8 heteroatoms. The normalized spacial score (nSPS) is 12.4. The SMILES string of the molecule is C[C@H](c1cncs1)N(C)C(=O)c1cc(Cn2cnc3ccccc32)[nH]n1. The third kappa shape index (κ3) is 2.99. The Morgan fingerprint density at radius 3 is 3.04 bits per heavy atom. The average Bonchev–Trinajstić information content (AvgIpc) is 3.41. The summed E-state index contributed by atoms with van der Waals surface area (Å²) in [5.74, 6) is -0.121. The summed E-state index contributed by atoms with van der Waals surface area (Å²) in [6, 6.07) is 9.70. The molecular weight excluding hydrogens is 348 g/mol. The Balaban J connectivity index is 1.51. The van der Waals surface area contributed by atoms with E-state index in [1.165, 1.54) is 11.3 Å². The van der Waals surface area contributed by atoms with E-state index in [-0.39, 0.29) is 11.9 Å². The number of aromatic nitrogens is 5. The number of benzene rings is 1. The summed E-state index contributed by atoms with van der Waals surface area (Å²) >= 11 is 1.54. The molecule has 0 aliphatic heterocycles. The number of carbonyl (C=O) groups is 1. The van der Waals surface area contributed by atoms with Crippen LogP contribution in [0.15, 0.2) is 48.4 Å². The van der Waals surface area contributed by atoms with E-state index in [4.69, 9.17) is 0 Å². The predicted octanol–water partition coefficient (Wildman–Crippen LogP) is 3.10. The first-order chi connectivity index (χ1) is 12.6. The van der Waals surface area contributed by atoms with Gasteiger partial charge in [-0.15, -0.1) is 11.3 Å². The van der Waals surface area contributed by atoms with Gasteiger partial charge in [0.2, 0.25) is 0 Å². The van der Waals surface area contributed by atoms with Crippen LogP contribution in [0.4, 0.5) is 0 Å². The van der Waals surface area contributed by atoms with Gasteiger partial charge in [-0.05, 0) is 25.1 Å². The third-order valence-electron chi connectivity index (χ3n) is 4.48. The van der Waals surface area contributed by atoms with Gasteiger partial charge in [0.05, 0.1) is 41.2 Å². The zero-order chi connectivity index (χ0) is 18.1. The maximum absolute atomic E-state index is 12.7. The van der Waals surface area contributed by atoms with Gasteiger partial charge in [-0.3, -0.25) is 14.9 Å². The second-order valence-electron chi connectivity index (χ2n) is 6.14. The Labute approximate surface area is 154 Å². The first kappa shape index (κ1) is 16.5. The fourth-order valence-electron chi connectivity index (χ4n) is 2.85. The molecule has 3 aromatic heterocycles. The van der Waals surface area contributed by atoms with Crippen LogP contribution >= 0.6 is 11.3 Å². The number of thiazole rings is 1. The summed E-state index contributed by atoms with van der Waals surface area (Å²) in [6.07, 6.45) is 3.59. The van der Waals surface area contributed by atoms with Crippen LogP contribution < -0.4 is 0 Å². The highest BCUT2D eigenvalue weighted by Gasteiger charge is 2.22. The molecule has 4 rings (SSSR count). The van der Waals surface area contributed by atoms with Crippen molar-refractivity contribution in [2.24, 2.45) is 0 Å². The van der Waals surface area contributed by atoms with Crippen LogP contribution in [-0.4, -0.2) is 42.6 Å². The van der Waals surface area contributed by atoms with Gasteiger partial charge in [-0.1, -0.05) is 12.1 Å². The Morgan fingerprint density at radius 1 is 1.38 bits per heavy atom. The van der Waals surface area contributed by atoms with Crippen LogP contribution in [-0.2, 0) is 6.54 Å². The molecular formula is C18H18N6OS. The van der Waals surface area contributed by atoms with Crippen LogP contribution in [0.25, 0.3) is 11.0 Å². The van der Waals surface area contributed by atoms with Gasteiger partial charge in [0.25, 0.3) is 5.91 Å². The number of rotatable bonds is 5. The molecule has 0 saturated carbocycles. The van der Waals surface area contributed by atoms with Crippen molar-refractivity contribution in [2.75, 3.05) is 7.05 Å². The largest absolute Gasteiger partial charge is 0.333 e. The summed E-state index contributed by atoms with van der Waals surface area (Å²) < 4.78 is 2.03. The average molecular weight is 366 g/mol. The molecule has 132 valence electrons. The van der Waals surface area contributed by atoms with Crippen molar-refractivity contribution < 1.29 is 4.79 Å². The molecule has 0 bridgehead atoms. The van der Waals surface area contributed by atoms with Gasteiger partial charge in [-0.2, -0.15) is 5.10 Å². The van der Waals surface area contributed by atoms with Crippen molar-refractivity contribution in [1.29, 1.82) is 0 Å². The summed E-state index contributed by atoms with van der Waals surface area (Å²) in [5, 5.41) is 7.16. The molecule has 0 aliphatic rings. The number of hydrogen-bond donors (Lipinski definition) is 1. The summed E-state index contributed by atoms with van der Waals surface area (Å²) in [7, 11) is 1.78. The smallest absolute Gasteiger partial charge is 0.274 e. The number of nitrogens with one attached hydrogen (secondary N) is 1. The van der Waals surface area contributed by atoms with Crippen LogP contribution in [0, 0.1) is 0 Å². The van der Waals surface area contributed by atoms with E-state index in [0.717, 1.165) is 21.6 Å². The van der Waals surface area contributed by atoms with E-state index in [1.54, 1.807) is 36.0 Å². The number of fused-ring (bicyclic) bond motifs is 1. The lowest BCUT2D eigenvalue weighted by Crippen LogP contribution is -2.29. The standard InChI is InChI=1S/C18H18N6OS/c1-12(17-8-19-11-26-17)23(2)18(25)15-7-13(21-22-15)9-24-10-20-14-5-3-4-6-16(14)24/h3-8,10-12H,9H2,1-2H3,(H,21,22)/t12-/m1/s1. The predicted molar refractivity (Wildman–Crippen MR) is 100 cm³/mol. The summed E-state index contributed by atoms with van der Waals surface area (Å²) in [6.45, 7) is 2.56. The first-order valence-corrected chi connectivity index (χ1v) is 9.11. The molecule has 4 aromatic rings. The molecule has 26 heavy (non-hydrogen) atoms. The lowest BCUT2D eigenvalue weighted by Gasteiger charge is -2.22. The molecule has 7 nitrogen and oxygen atoms in total. The number of H-pyrrole nitrogens is 1. The van der Waals surface area contributed by atoms with E-state index in [9.17, 15) is 4.79 Å². The van der Waals surface area contributed by atoms with Crippen molar-refractivity contribution >= 4 is 28.3 Å². The molecule has 3 heterocycles. The highest BCUT2D eigenvalue weighted by Crippen LogP contribution is 2.23. The Morgan fingerprint density at radius 2 is 2.23 bits per heavy atom. The van der Waals surface area contributed by atoms with Crippen LogP contribution in [0.5, 0.6) is 0 Å². The second kappa shape index (κ2) is 6.72. The zero-order valence-electron chi connectivity index (χ0n) is 14.5. The topological polar surface area (TPSA) is 79.7 Å². The lowest BCUT2D eigenvalue weighted by atomic mass is 10.2. The maximum Gasteiger partial charge on any atom is 0.274 e. The number of nitrogens with zero attached hydrogens (tertiary/aromatic N) is 5. The van der Waals surface area contributed by atoms with Gasteiger partial charge >= 0.3 is 0 Å². The minimum absolute atomic E-state index is 0.0484. The number of hydrogen-bond acceptors (Lipinski definition) is 5. The van der Waals surface area contributed by atoms with E-state index in [2.05, 4.69) is 20.2 Å². The molecule has 0 fully saturated rings. The molecule has 0 aliphatic carbocycles. The van der Waals surface area contributed by atoms with Crippen molar-refractivity contribution in [2.45, 2.75) is 19.5 Å². The first-order valence-electron chi connectivity index (χ1n) is 8.23. The highest BCUT2D eigenvalue weighted by molar-refractivity contribution is 7.09. The van der Waals surface area contributed by atoms with E-state index >= 15 is 0 Å². The quantitative estimate of drug-likeness (QED) is 0.589. The number of carbonyl (C=O) groups excluding carboxylic acids is 1. The number of imidazole rings is 1. The molecule has 1 amide bonds. The zero-order valence-corrected chi connectivity index (χ0v) is 15.3. The van der Waals surface area contributed by atoms with Gasteiger partial charge in [0, 0.05) is 18.1 Å². The number of para-hydroxylation sites is 2. The highest BCUT2D eigenvalue weighted by atomic mass is 32.1. The van der Waals surface area contributed by atoms with Gasteiger partial charge < -0.3 is 9.47 Å². The molecule has 0 spiro atoms. The van der Waals surface area contributed by atoms with Gasteiger partial charge in [0.1, 0.15) is 5.69 Å². The summed E-state index contributed by atoms with van der Waals surface area (Å²) in [5.41, 5.74) is 5.03. The molecule has 1 N–H and O–H groups in total. The van der Waals surface area contributed by atoms with E-state index in [0.29, 0.717) is 12.2 Å². The minimum Gasteiger partial charge on any atom is -0.333 e. The maximum atomic E-state index is 12.7. The minimum atomic E-state index is -0.121. The Kier molecular flexibility index (Phi) is 4.26. The fourth-order valence-corrected chi connectivity index (χ4v) is 3.57. The van der Waals surface area contributed by atoms with Gasteiger partial charge in [-0.25, -0.2) is 4.98 Å². The molecule has 1 aromatic carbocycles. The fraction of sp³-hybridized carbons (Fsp3) is 0.222. The Hall–Kier alpha value is -3.00. The van der Waals surface area contributed by atoms with Crippen molar-refractivity contribution in [3.63, 3.8) is 0 Å². The van der Waals surface area contributed by atoms with Crippen molar-refractivity contribution in [1.82, 2.24) is 29.6 Å². The van der Waals surface area contributed by atoms with Crippen LogP contribution in [0.3, 0.4) is 0 Å². The number of aromatic amines is 1. The molecule has 0 radical (unpaired) electrons. The van der Waals surface area contributed by atoms with Crippen LogP contribution in [0.2, 0.25) is 0 Å². The van der Waals surface area contributed by atoms with Gasteiger partial charge in [0.15, 0.2) is 0 Å². The van der Waals surface area contributed by atoms with Crippen molar-refractivity contribution in [3.05, 3.63) is 64.6 Å². The van der Waals surface area contributed by atoms with Crippen LogP contribution in [0.1, 0.15) is 34.0 Å². The van der Waals surface area contributed by atoms with E-state index in [1.807, 2.05) is 35.8 Å². The van der Waals surface area contributed by atoms with E-state index < -0.39 is 0 Å².